The minimum atomic E-state index is -0.0160. The van der Waals surface area contributed by atoms with Gasteiger partial charge in [0.05, 0.1) is 19.0 Å². The average molecular weight is 319 g/mol. The van der Waals surface area contributed by atoms with Crippen LogP contribution in [0.25, 0.3) is 0 Å². The number of carbonyl (C=O) groups excluding carboxylic acids is 2. The average Bonchev–Trinajstić information content (AvgIpc) is 3.08. The van der Waals surface area contributed by atoms with Crippen LogP contribution in [-0.2, 0) is 16.1 Å². The van der Waals surface area contributed by atoms with Crippen LogP contribution in [0.1, 0.15) is 17.9 Å². The minimum absolute atomic E-state index is 0.0160. The monoisotopic (exact) mass is 319 g/mol. The van der Waals surface area contributed by atoms with E-state index in [-0.39, 0.29) is 24.3 Å². The molecule has 0 saturated carbocycles. The van der Waals surface area contributed by atoms with Gasteiger partial charge in [0.15, 0.2) is 0 Å². The van der Waals surface area contributed by atoms with E-state index in [0.29, 0.717) is 12.5 Å². The van der Waals surface area contributed by atoms with Crippen molar-refractivity contribution in [1.82, 2.24) is 14.7 Å². The molecule has 3 heterocycles. The Kier molecular flexibility index (Phi) is 4.43. The quantitative estimate of drug-likeness (QED) is 0.829. The van der Waals surface area contributed by atoms with E-state index >= 15 is 0 Å². The first-order valence-corrected chi connectivity index (χ1v) is 8.20. The van der Waals surface area contributed by atoms with Crippen LogP contribution in [0.15, 0.2) is 16.5 Å². The summed E-state index contributed by atoms with van der Waals surface area (Å²) in [5, 5.41) is 0. The van der Waals surface area contributed by atoms with Crippen LogP contribution in [0.5, 0.6) is 0 Å². The molecule has 0 bridgehead atoms. The van der Waals surface area contributed by atoms with Crippen LogP contribution >= 0.6 is 0 Å². The molecule has 23 heavy (non-hydrogen) atoms. The molecule has 6 heteroatoms. The highest BCUT2D eigenvalue weighted by atomic mass is 16.3. The Morgan fingerprint density at radius 3 is 2.78 bits per heavy atom. The maximum Gasteiger partial charge on any atom is 0.241 e. The Morgan fingerprint density at radius 2 is 2.13 bits per heavy atom. The summed E-state index contributed by atoms with van der Waals surface area (Å²) >= 11 is 0. The Labute approximate surface area is 137 Å². The third kappa shape index (κ3) is 3.42. The van der Waals surface area contributed by atoms with E-state index in [1.54, 1.807) is 23.9 Å². The number of carbonyl (C=O) groups is 2. The molecule has 0 spiro atoms. The van der Waals surface area contributed by atoms with E-state index in [0.717, 1.165) is 37.6 Å². The molecular formula is C17H25N3O3. The Hall–Kier alpha value is -1.82. The molecule has 0 N–H and O–H groups in total. The number of rotatable bonds is 4. The van der Waals surface area contributed by atoms with Gasteiger partial charge in [-0.15, -0.1) is 0 Å². The van der Waals surface area contributed by atoms with Gasteiger partial charge in [-0.2, -0.15) is 0 Å². The van der Waals surface area contributed by atoms with Crippen molar-refractivity contribution < 1.29 is 14.0 Å². The molecule has 3 rings (SSSR count). The smallest absolute Gasteiger partial charge is 0.241 e. The summed E-state index contributed by atoms with van der Waals surface area (Å²) in [4.78, 5) is 30.1. The zero-order valence-electron chi connectivity index (χ0n) is 14.1. The zero-order chi connectivity index (χ0) is 16.6. The van der Waals surface area contributed by atoms with E-state index < -0.39 is 0 Å². The normalized spacial score (nSPS) is 24.8. The Balaban J connectivity index is 1.60. The molecule has 1 aromatic heterocycles. The maximum atomic E-state index is 12.7. The predicted octanol–water partition coefficient (Wildman–Crippen LogP) is 0.957. The summed E-state index contributed by atoms with van der Waals surface area (Å²) in [6.07, 6.45) is 0.977. The van der Waals surface area contributed by atoms with Crippen LogP contribution in [0.3, 0.4) is 0 Å². The lowest BCUT2D eigenvalue weighted by Crippen LogP contribution is -2.49. The lowest BCUT2D eigenvalue weighted by Gasteiger charge is -2.34. The van der Waals surface area contributed by atoms with Crippen LogP contribution in [0.4, 0.5) is 0 Å². The van der Waals surface area contributed by atoms with Gasteiger partial charge >= 0.3 is 0 Å². The Morgan fingerprint density at radius 1 is 1.35 bits per heavy atom. The number of likely N-dealkylation sites (N-methyl/N-ethyl adjacent to an activating group) is 1. The van der Waals surface area contributed by atoms with E-state index in [1.807, 2.05) is 19.1 Å². The first-order valence-electron chi connectivity index (χ1n) is 8.20. The fourth-order valence-electron chi connectivity index (χ4n) is 3.58. The molecule has 2 aliphatic heterocycles. The highest BCUT2D eigenvalue weighted by Crippen LogP contribution is 2.33. The molecule has 0 aliphatic carbocycles. The molecule has 2 fully saturated rings. The number of piperidine rings is 1. The highest BCUT2D eigenvalue weighted by Gasteiger charge is 2.43. The van der Waals surface area contributed by atoms with Gasteiger partial charge in [0.25, 0.3) is 0 Å². The number of likely N-dealkylation sites (tertiary alicyclic amines) is 2. The first kappa shape index (κ1) is 16.1. The van der Waals surface area contributed by atoms with E-state index in [4.69, 9.17) is 4.42 Å². The number of hydrogen-bond donors (Lipinski definition) is 0. The van der Waals surface area contributed by atoms with Crippen LogP contribution in [0.2, 0.25) is 0 Å². The summed E-state index contributed by atoms with van der Waals surface area (Å²) in [6.45, 7) is 5.28. The summed E-state index contributed by atoms with van der Waals surface area (Å²) in [7, 11) is 3.45. The fraction of sp³-hybridized carbons (Fsp3) is 0.647. The van der Waals surface area contributed by atoms with Gasteiger partial charge in [-0.05, 0) is 31.4 Å². The molecule has 126 valence electrons. The van der Waals surface area contributed by atoms with Crippen LogP contribution in [-0.4, -0.2) is 66.8 Å². The zero-order valence-corrected chi connectivity index (χ0v) is 14.1. The van der Waals surface area contributed by atoms with Gasteiger partial charge in [0.1, 0.15) is 11.5 Å². The van der Waals surface area contributed by atoms with Crippen LogP contribution in [0, 0.1) is 18.8 Å². The molecular weight excluding hydrogens is 294 g/mol. The van der Waals surface area contributed by atoms with Crippen molar-refractivity contribution >= 4 is 11.8 Å². The van der Waals surface area contributed by atoms with Gasteiger partial charge in [-0.3, -0.25) is 14.5 Å². The Bertz CT molecular complexity index is 596. The number of amides is 2. The third-order valence-electron chi connectivity index (χ3n) is 4.92. The van der Waals surface area contributed by atoms with Gasteiger partial charge in [-0.1, -0.05) is 0 Å². The van der Waals surface area contributed by atoms with Gasteiger partial charge in [0.2, 0.25) is 11.8 Å². The predicted molar refractivity (Wildman–Crippen MR) is 85.6 cm³/mol. The second-order valence-electron chi connectivity index (χ2n) is 6.91. The molecule has 0 aromatic carbocycles. The summed E-state index contributed by atoms with van der Waals surface area (Å²) < 4.78 is 5.64. The molecule has 2 aliphatic rings. The van der Waals surface area contributed by atoms with Crippen molar-refractivity contribution in [3.8, 4) is 0 Å². The van der Waals surface area contributed by atoms with Crippen LogP contribution < -0.4 is 0 Å². The van der Waals surface area contributed by atoms with Crippen molar-refractivity contribution in [2.75, 3.05) is 40.3 Å². The molecule has 6 nitrogen and oxygen atoms in total. The van der Waals surface area contributed by atoms with Crippen molar-refractivity contribution in [3.05, 3.63) is 23.7 Å². The van der Waals surface area contributed by atoms with Crippen molar-refractivity contribution in [2.45, 2.75) is 19.9 Å². The maximum absolute atomic E-state index is 12.7. The lowest BCUT2D eigenvalue weighted by molar-refractivity contribution is -0.145. The summed E-state index contributed by atoms with van der Waals surface area (Å²) in [5.74, 6) is 2.42. The second kappa shape index (κ2) is 6.35. The first-order chi connectivity index (χ1) is 10.9. The number of fused-ring (bicyclic) bond motifs is 1. The SMILES string of the molecule is Cc1ccc(CN2C[C@@H]3CCN(CC(=O)N(C)C)C(=O)[C@H]3C2)o1. The van der Waals surface area contributed by atoms with Crippen molar-refractivity contribution in [3.63, 3.8) is 0 Å². The summed E-state index contributed by atoms with van der Waals surface area (Å²) in [5.41, 5.74) is 0. The lowest BCUT2D eigenvalue weighted by atomic mass is 9.88. The van der Waals surface area contributed by atoms with Crippen molar-refractivity contribution in [1.29, 1.82) is 0 Å². The van der Waals surface area contributed by atoms with Gasteiger partial charge in [-0.25, -0.2) is 0 Å². The van der Waals surface area contributed by atoms with Gasteiger partial charge < -0.3 is 14.2 Å². The fourth-order valence-corrected chi connectivity index (χ4v) is 3.58. The number of nitrogens with zero attached hydrogens (tertiary/aromatic N) is 3. The van der Waals surface area contributed by atoms with E-state index in [2.05, 4.69) is 4.90 Å². The topological polar surface area (TPSA) is 57.0 Å². The van der Waals surface area contributed by atoms with Crippen molar-refractivity contribution in [2.24, 2.45) is 11.8 Å². The molecule has 2 saturated heterocycles. The number of furan rings is 1. The third-order valence-corrected chi connectivity index (χ3v) is 4.92. The highest BCUT2D eigenvalue weighted by molar-refractivity contribution is 5.86. The molecule has 0 unspecified atom stereocenters. The number of hydrogen-bond acceptors (Lipinski definition) is 4. The molecule has 2 atom stereocenters. The molecule has 2 amide bonds. The van der Waals surface area contributed by atoms with Gasteiger partial charge in [0, 0.05) is 33.7 Å². The standard InChI is InChI=1S/C17H25N3O3/c1-12-4-5-14(23-12)9-19-8-13-6-7-20(11-16(21)18(2)3)17(22)15(13)10-19/h4-5,13,15H,6-11H2,1-3H3/t13-,15-/m0/s1. The van der Waals surface area contributed by atoms with E-state index in [9.17, 15) is 9.59 Å². The van der Waals surface area contributed by atoms with E-state index in [1.165, 1.54) is 0 Å². The molecule has 0 radical (unpaired) electrons. The minimum Gasteiger partial charge on any atom is -0.465 e. The molecule has 1 aromatic rings. The summed E-state index contributed by atoms with van der Waals surface area (Å²) in [6, 6.07) is 3.97. The largest absolute Gasteiger partial charge is 0.465 e. The second-order valence-corrected chi connectivity index (χ2v) is 6.91. The number of aryl methyl sites for hydroxylation is 1.